The van der Waals surface area contributed by atoms with Crippen LogP contribution < -0.4 is 10.1 Å². The number of halogens is 1. The van der Waals surface area contributed by atoms with Crippen molar-refractivity contribution in [3.63, 3.8) is 0 Å². The summed E-state index contributed by atoms with van der Waals surface area (Å²) in [6, 6.07) is 24.7. The molecule has 0 saturated carbocycles. The fourth-order valence-corrected chi connectivity index (χ4v) is 4.40. The summed E-state index contributed by atoms with van der Waals surface area (Å²) in [5.41, 5.74) is 3.14. The number of carbonyl (C=O) groups is 2. The Morgan fingerprint density at radius 3 is 2.22 bits per heavy atom. The standard InChI is InChI=1S/C30H35BrN2O3/c1-5-32-29(35)27(19-22-10-7-6-8-11-22)33(20-23-12-9-13-25(31)18-23)28(34)21-36-26-16-14-24(15-17-26)30(2,3)4/h6-18,27H,5,19-21H2,1-4H3,(H,32,35)/t27-/m1/s1. The summed E-state index contributed by atoms with van der Waals surface area (Å²) in [7, 11) is 0. The van der Waals surface area contributed by atoms with E-state index in [9.17, 15) is 9.59 Å². The summed E-state index contributed by atoms with van der Waals surface area (Å²) in [4.78, 5) is 28.4. The predicted molar refractivity (Wildman–Crippen MR) is 148 cm³/mol. The number of likely N-dealkylation sites (N-methyl/N-ethyl adjacent to an activating group) is 1. The summed E-state index contributed by atoms with van der Waals surface area (Å²) in [5.74, 6) is 0.192. The molecule has 3 rings (SSSR count). The molecule has 0 aliphatic rings. The summed E-state index contributed by atoms with van der Waals surface area (Å²) >= 11 is 3.51. The molecule has 0 bridgehead atoms. The molecule has 0 spiro atoms. The highest BCUT2D eigenvalue weighted by atomic mass is 79.9. The van der Waals surface area contributed by atoms with Gasteiger partial charge in [-0.1, -0.05) is 91.3 Å². The Labute approximate surface area is 223 Å². The van der Waals surface area contributed by atoms with Gasteiger partial charge in [-0.25, -0.2) is 0 Å². The van der Waals surface area contributed by atoms with Crippen LogP contribution in [0.15, 0.2) is 83.3 Å². The van der Waals surface area contributed by atoms with Crippen LogP contribution >= 0.6 is 15.9 Å². The Morgan fingerprint density at radius 2 is 1.61 bits per heavy atom. The quantitative estimate of drug-likeness (QED) is 0.341. The molecule has 0 saturated heterocycles. The van der Waals surface area contributed by atoms with E-state index in [0.717, 1.165) is 15.6 Å². The van der Waals surface area contributed by atoms with E-state index in [1.54, 1.807) is 4.90 Å². The number of nitrogens with one attached hydrogen (secondary N) is 1. The van der Waals surface area contributed by atoms with Gasteiger partial charge in [-0.3, -0.25) is 9.59 Å². The van der Waals surface area contributed by atoms with Crippen molar-refractivity contribution in [2.24, 2.45) is 0 Å². The largest absolute Gasteiger partial charge is 0.484 e. The number of amides is 2. The molecule has 190 valence electrons. The van der Waals surface area contributed by atoms with E-state index >= 15 is 0 Å². The molecule has 0 fully saturated rings. The first-order chi connectivity index (χ1) is 17.2. The maximum atomic E-state index is 13.6. The Kier molecular flexibility index (Phi) is 9.71. The first-order valence-electron chi connectivity index (χ1n) is 12.3. The summed E-state index contributed by atoms with van der Waals surface area (Å²) < 4.78 is 6.80. The Morgan fingerprint density at radius 1 is 0.944 bits per heavy atom. The van der Waals surface area contributed by atoms with Gasteiger partial charge in [-0.05, 0) is 53.3 Å². The minimum Gasteiger partial charge on any atom is -0.484 e. The monoisotopic (exact) mass is 550 g/mol. The molecular formula is C30H35BrN2O3. The molecule has 0 aliphatic heterocycles. The van der Waals surface area contributed by atoms with Crippen LogP contribution in [0.2, 0.25) is 0 Å². The second-order valence-corrected chi connectivity index (χ2v) is 10.7. The molecule has 0 aromatic heterocycles. The van der Waals surface area contributed by atoms with Crippen molar-refractivity contribution in [3.8, 4) is 5.75 Å². The molecule has 6 heteroatoms. The van der Waals surface area contributed by atoms with Crippen LogP contribution in [0, 0.1) is 0 Å². The van der Waals surface area contributed by atoms with Crippen molar-refractivity contribution in [1.29, 1.82) is 0 Å². The van der Waals surface area contributed by atoms with Crippen LogP contribution in [0.3, 0.4) is 0 Å². The normalized spacial score (nSPS) is 12.0. The Hall–Kier alpha value is -3.12. The van der Waals surface area contributed by atoms with E-state index in [2.05, 4.69) is 42.0 Å². The van der Waals surface area contributed by atoms with Crippen molar-refractivity contribution in [2.75, 3.05) is 13.2 Å². The molecule has 0 radical (unpaired) electrons. The number of benzene rings is 3. The van der Waals surface area contributed by atoms with Crippen molar-refractivity contribution in [2.45, 2.75) is 52.1 Å². The van der Waals surface area contributed by atoms with Crippen molar-refractivity contribution in [1.82, 2.24) is 10.2 Å². The lowest BCUT2D eigenvalue weighted by molar-refractivity contribution is -0.142. The molecule has 0 aliphatic carbocycles. The highest BCUT2D eigenvalue weighted by Gasteiger charge is 2.30. The Balaban J connectivity index is 1.86. The van der Waals surface area contributed by atoms with Crippen LogP contribution in [0.1, 0.15) is 44.4 Å². The topological polar surface area (TPSA) is 58.6 Å². The van der Waals surface area contributed by atoms with Gasteiger partial charge < -0.3 is 15.0 Å². The van der Waals surface area contributed by atoms with Gasteiger partial charge in [-0.2, -0.15) is 0 Å². The summed E-state index contributed by atoms with van der Waals surface area (Å²) in [6.45, 7) is 8.95. The van der Waals surface area contributed by atoms with E-state index < -0.39 is 6.04 Å². The van der Waals surface area contributed by atoms with Crippen molar-refractivity contribution < 1.29 is 14.3 Å². The van der Waals surface area contributed by atoms with Gasteiger partial charge in [0.1, 0.15) is 11.8 Å². The van der Waals surface area contributed by atoms with E-state index in [1.165, 1.54) is 5.56 Å². The third kappa shape index (κ3) is 7.95. The smallest absolute Gasteiger partial charge is 0.261 e. The molecule has 3 aromatic rings. The minimum absolute atomic E-state index is 0.0341. The van der Waals surface area contributed by atoms with E-state index in [0.29, 0.717) is 25.3 Å². The molecule has 3 aromatic carbocycles. The molecule has 2 amide bonds. The van der Waals surface area contributed by atoms with Gasteiger partial charge in [0.2, 0.25) is 5.91 Å². The lowest BCUT2D eigenvalue weighted by Crippen LogP contribution is -2.51. The van der Waals surface area contributed by atoms with Gasteiger partial charge in [0, 0.05) is 24.0 Å². The summed E-state index contributed by atoms with van der Waals surface area (Å²) in [6.07, 6.45) is 0.409. The highest BCUT2D eigenvalue weighted by molar-refractivity contribution is 9.10. The number of hydrogen-bond donors (Lipinski definition) is 1. The zero-order valence-electron chi connectivity index (χ0n) is 21.5. The van der Waals surface area contributed by atoms with Gasteiger partial charge >= 0.3 is 0 Å². The fraction of sp³-hybridized carbons (Fsp3) is 0.333. The molecule has 1 N–H and O–H groups in total. The number of nitrogens with zero attached hydrogens (tertiary/aromatic N) is 1. The molecule has 36 heavy (non-hydrogen) atoms. The van der Waals surface area contributed by atoms with Crippen LogP contribution in [-0.4, -0.2) is 35.9 Å². The third-order valence-corrected chi connectivity index (χ3v) is 6.44. The molecule has 0 unspecified atom stereocenters. The first-order valence-corrected chi connectivity index (χ1v) is 13.1. The third-order valence-electron chi connectivity index (χ3n) is 5.95. The van der Waals surface area contributed by atoms with E-state index in [4.69, 9.17) is 4.74 Å². The minimum atomic E-state index is -0.675. The number of ether oxygens (including phenoxy) is 1. The SMILES string of the molecule is CCNC(=O)[C@@H](Cc1ccccc1)N(Cc1cccc(Br)c1)C(=O)COc1ccc(C(C)(C)C)cc1. The van der Waals surface area contributed by atoms with Gasteiger partial charge in [0.25, 0.3) is 5.91 Å². The maximum Gasteiger partial charge on any atom is 0.261 e. The van der Waals surface area contributed by atoms with E-state index in [1.807, 2.05) is 85.8 Å². The number of carbonyl (C=O) groups excluding carboxylic acids is 2. The molecular weight excluding hydrogens is 516 g/mol. The van der Waals surface area contributed by atoms with Crippen LogP contribution in [0.25, 0.3) is 0 Å². The van der Waals surface area contributed by atoms with Crippen LogP contribution in [0.4, 0.5) is 0 Å². The van der Waals surface area contributed by atoms with Gasteiger partial charge in [0.05, 0.1) is 0 Å². The van der Waals surface area contributed by atoms with Crippen LogP contribution in [0.5, 0.6) is 5.75 Å². The molecule has 0 heterocycles. The average molecular weight is 552 g/mol. The lowest BCUT2D eigenvalue weighted by Gasteiger charge is -2.31. The average Bonchev–Trinajstić information content (AvgIpc) is 2.85. The van der Waals surface area contributed by atoms with Gasteiger partial charge in [-0.15, -0.1) is 0 Å². The molecule has 1 atom stereocenters. The highest BCUT2D eigenvalue weighted by Crippen LogP contribution is 2.24. The van der Waals surface area contributed by atoms with Crippen molar-refractivity contribution >= 4 is 27.7 Å². The van der Waals surface area contributed by atoms with Crippen molar-refractivity contribution in [3.05, 3.63) is 100 Å². The van der Waals surface area contributed by atoms with Gasteiger partial charge in [0.15, 0.2) is 6.61 Å². The fourth-order valence-electron chi connectivity index (χ4n) is 3.96. The zero-order chi connectivity index (χ0) is 26.1. The second-order valence-electron chi connectivity index (χ2n) is 9.81. The molecule has 5 nitrogen and oxygen atoms in total. The zero-order valence-corrected chi connectivity index (χ0v) is 23.0. The van der Waals surface area contributed by atoms with Crippen LogP contribution in [-0.2, 0) is 28.0 Å². The lowest BCUT2D eigenvalue weighted by atomic mass is 9.87. The van der Waals surface area contributed by atoms with E-state index in [-0.39, 0.29) is 23.8 Å². The number of rotatable bonds is 10. The summed E-state index contributed by atoms with van der Waals surface area (Å²) in [5, 5.41) is 2.91. The maximum absolute atomic E-state index is 13.6. The second kappa shape index (κ2) is 12.7. The predicted octanol–water partition coefficient (Wildman–Crippen LogP) is 5.90. The number of hydrogen-bond acceptors (Lipinski definition) is 3. The Bertz CT molecular complexity index is 1140. The first kappa shape index (κ1) is 27.5.